The third-order valence-electron chi connectivity index (χ3n) is 3.23. The minimum absolute atomic E-state index is 0.102. The van der Waals surface area contributed by atoms with Crippen LogP contribution in [-0.2, 0) is 0 Å². The van der Waals surface area contributed by atoms with Crippen LogP contribution in [0.1, 0.15) is 24.1 Å². The van der Waals surface area contributed by atoms with Crippen molar-refractivity contribution in [1.29, 1.82) is 0 Å². The highest BCUT2D eigenvalue weighted by molar-refractivity contribution is 7.80. The predicted molar refractivity (Wildman–Crippen MR) is 92.4 cm³/mol. The van der Waals surface area contributed by atoms with E-state index in [2.05, 4.69) is 12.2 Å². The fourth-order valence-electron chi connectivity index (χ4n) is 2.06. The maximum absolute atomic E-state index is 5.99. The average Bonchev–Trinajstić information content (AvgIpc) is 2.49. The molecule has 0 aliphatic rings. The lowest BCUT2D eigenvalue weighted by Crippen LogP contribution is -2.15. The van der Waals surface area contributed by atoms with Crippen LogP contribution in [0.4, 0.5) is 5.69 Å². The predicted octanol–water partition coefficient (Wildman–Crippen LogP) is 4.16. The molecule has 0 radical (unpaired) electrons. The third-order valence-corrected chi connectivity index (χ3v) is 3.69. The van der Waals surface area contributed by atoms with Gasteiger partial charge in [-0.3, -0.25) is 0 Å². The highest BCUT2D eigenvalue weighted by atomic mass is 35.5. The Kier molecular flexibility index (Phi) is 5.04. The first-order valence-electron chi connectivity index (χ1n) is 6.51. The largest absolute Gasteiger partial charge is 0.497 e. The molecule has 0 fully saturated rings. The van der Waals surface area contributed by atoms with E-state index in [1.165, 1.54) is 0 Å². The van der Waals surface area contributed by atoms with Gasteiger partial charge in [-0.2, -0.15) is 0 Å². The lowest BCUT2D eigenvalue weighted by Gasteiger charge is -2.18. The van der Waals surface area contributed by atoms with Crippen molar-refractivity contribution in [1.82, 2.24) is 0 Å². The van der Waals surface area contributed by atoms with E-state index in [4.69, 9.17) is 34.3 Å². The van der Waals surface area contributed by atoms with Crippen molar-refractivity contribution in [3.8, 4) is 5.75 Å². The summed E-state index contributed by atoms with van der Waals surface area (Å²) < 4.78 is 5.16. The second-order valence-corrected chi connectivity index (χ2v) is 5.57. The number of halogens is 1. The summed E-state index contributed by atoms with van der Waals surface area (Å²) in [5.41, 5.74) is 8.51. The molecule has 2 rings (SSSR count). The van der Waals surface area contributed by atoms with Crippen molar-refractivity contribution in [3.05, 3.63) is 58.6 Å². The van der Waals surface area contributed by atoms with Crippen LogP contribution in [0.5, 0.6) is 5.75 Å². The zero-order valence-electron chi connectivity index (χ0n) is 11.9. The Balaban J connectivity index is 2.22. The Bertz CT molecular complexity index is 643. The number of nitrogens with one attached hydrogen (secondary N) is 1. The molecule has 0 saturated carbocycles. The monoisotopic (exact) mass is 320 g/mol. The first-order valence-corrected chi connectivity index (χ1v) is 7.29. The summed E-state index contributed by atoms with van der Waals surface area (Å²) in [4.78, 5) is 0.321. The molecule has 0 aliphatic carbocycles. The van der Waals surface area contributed by atoms with Crippen molar-refractivity contribution in [2.45, 2.75) is 13.0 Å². The van der Waals surface area contributed by atoms with Crippen LogP contribution in [0.25, 0.3) is 0 Å². The number of rotatable bonds is 5. The third kappa shape index (κ3) is 3.86. The Morgan fingerprint density at radius 3 is 2.48 bits per heavy atom. The molecule has 3 nitrogen and oxygen atoms in total. The van der Waals surface area contributed by atoms with Gasteiger partial charge in [0.05, 0.1) is 7.11 Å². The van der Waals surface area contributed by atoms with Crippen molar-refractivity contribution in [2.24, 2.45) is 5.73 Å². The molecule has 110 valence electrons. The van der Waals surface area contributed by atoms with Gasteiger partial charge in [0.25, 0.3) is 0 Å². The van der Waals surface area contributed by atoms with Gasteiger partial charge in [0, 0.05) is 22.3 Å². The van der Waals surface area contributed by atoms with Crippen molar-refractivity contribution >= 4 is 34.5 Å². The van der Waals surface area contributed by atoms with Crippen molar-refractivity contribution in [2.75, 3.05) is 12.4 Å². The second-order valence-electron chi connectivity index (χ2n) is 4.69. The summed E-state index contributed by atoms with van der Waals surface area (Å²) in [5, 5.41) is 4.02. The van der Waals surface area contributed by atoms with E-state index in [1.807, 2.05) is 36.4 Å². The van der Waals surface area contributed by atoms with Crippen LogP contribution in [0.2, 0.25) is 5.02 Å². The molecular formula is C16H17ClN2OS. The van der Waals surface area contributed by atoms with Gasteiger partial charge in [-0.15, -0.1) is 0 Å². The van der Waals surface area contributed by atoms with E-state index in [0.717, 1.165) is 22.6 Å². The van der Waals surface area contributed by atoms with Crippen LogP contribution < -0.4 is 15.8 Å². The first-order chi connectivity index (χ1) is 10.0. The molecule has 3 N–H and O–H groups in total. The molecule has 21 heavy (non-hydrogen) atoms. The molecule has 0 bridgehead atoms. The molecule has 1 atom stereocenters. The van der Waals surface area contributed by atoms with Crippen LogP contribution in [0, 0.1) is 0 Å². The van der Waals surface area contributed by atoms with E-state index >= 15 is 0 Å². The number of hydrogen-bond acceptors (Lipinski definition) is 3. The van der Waals surface area contributed by atoms with Crippen LogP contribution in [0.15, 0.2) is 42.5 Å². The molecule has 1 unspecified atom stereocenters. The minimum atomic E-state index is 0.102. The highest BCUT2D eigenvalue weighted by Gasteiger charge is 2.10. The first kappa shape index (κ1) is 15.6. The quantitative estimate of drug-likeness (QED) is 0.812. The van der Waals surface area contributed by atoms with Gasteiger partial charge in [0.15, 0.2) is 0 Å². The summed E-state index contributed by atoms with van der Waals surface area (Å²) in [5.74, 6) is 0.835. The number of ether oxygens (including phenoxy) is 1. The van der Waals surface area contributed by atoms with E-state index < -0.39 is 0 Å². The van der Waals surface area contributed by atoms with Crippen LogP contribution in [-0.4, -0.2) is 12.1 Å². The molecule has 0 amide bonds. The smallest absolute Gasteiger partial charge is 0.118 e. The van der Waals surface area contributed by atoms with Gasteiger partial charge >= 0.3 is 0 Å². The summed E-state index contributed by atoms with van der Waals surface area (Å²) in [6.07, 6.45) is 0. The maximum Gasteiger partial charge on any atom is 0.118 e. The number of thiocarbonyl (C=S) groups is 1. The maximum atomic E-state index is 5.99. The molecule has 0 spiro atoms. The minimum Gasteiger partial charge on any atom is -0.497 e. The Morgan fingerprint density at radius 2 is 1.90 bits per heavy atom. The molecule has 5 heteroatoms. The van der Waals surface area contributed by atoms with Gasteiger partial charge in [0.2, 0.25) is 0 Å². The number of methoxy groups -OCH3 is 1. The normalized spacial score (nSPS) is 11.8. The fourth-order valence-corrected chi connectivity index (χ4v) is 2.40. The van der Waals surface area contributed by atoms with Crippen molar-refractivity contribution in [3.63, 3.8) is 0 Å². The zero-order chi connectivity index (χ0) is 15.4. The number of hydrogen-bond donors (Lipinski definition) is 2. The molecule has 0 aromatic heterocycles. The van der Waals surface area contributed by atoms with Crippen molar-refractivity contribution < 1.29 is 4.74 Å². The average molecular weight is 321 g/mol. The van der Waals surface area contributed by atoms with E-state index in [-0.39, 0.29) is 6.04 Å². The van der Waals surface area contributed by atoms with E-state index in [9.17, 15) is 0 Å². The lowest BCUT2D eigenvalue weighted by atomic mass is 10.1. The highest BCUT2D eigenvalue weighted by Crippen LogP contribution is 2.26. The zero-order valence-corrected chi connectivity index (χ0v) is 13.5. The standard InChI is InChI=1S/C16H17ClN2OS/c1-10(11-3-6-13(20-2)7-4-11)19-15-8-5-12(17)9-14(15)16(18)21/h3-10,19H,1-2H3,(H2,18,21). The number of benzene rings is 2. The topological polar surface area (TPSA) is 47.3 Å². The van der Waals surface area contributed by atoms with Gasteiger partial charge in [-0.25, -0.2) is 0 Å². The SMILES string of the molecule is COc1ccc(C(C)Nc2ccc(Cl)cc2C(N)=S)cc1. The van der Waals surface area contributed by atoms with E-state index in [0.29, 0.717) is 10.0 Å². The summed E-state index contributed by atoms with van der Waals surface area (Å²) in [6.45, 7) is 2.07. The summed E-state index contributed by atoms with van der Waals surface area (Å²) >= 11 is 11.1. The Labute approximate surface area is 135 Å². The number of nitrogens with two attached hydrogens (primary N) is 1. The Morgan fingerprint density at radius 1 is 1.24 bits per heavy atom. The van der Waals surface area contributed by atoms with Gasteiger partial charge in [0.1, 0.15) is 10.7 Å². The molecule has 2 aromatic carbocycles. The Hall–Kier alpha value is -1.78. The fraction of sp³-hybridized carbons (Fsp3) is 0.188. The summed E-state index contributed by atoms with van der Waals surface area (Å²) in [6, 6.07) is 13.5. The molecular weight excluding hydrogens is 304 g/mol. The van der Waals surface area contributed by atoms with Crippen LogP contribution in [0.3, 0.4) is 0 Å². The summed E-state index contributed by atoms with van der Waals surface area (Å²) in [7, 11) is 1.65. The van der Waals surface area contributed by atoms with Gasteiger partial charge in [-0.05, 0) is 42.8 Å². The molecule has 0 saturated heterocycles. The second kappa shape index (κ2) is 6.78. The lowest BCUT2D eigenvalue weighted by molar-refractivity contribution is 0.414. The molecule has 0 aliphatic heterocycles. The van der Waals surface area contributed by atoms with Gasteiger partial charge < -0.3 is 15.8 Å². The molecule has 0 heterocycles. The van der Waals surface area contributed by atoms with Gasteiger partial charge in [-0.1, -0.05) is 36.0 Å². The number of anilines is 1. The van der Waals surface area contributed by atoms with Crippen LogP contribution >= 0.6 is 23.8 Å². The molecule has 2 aromatic rings. The van der Waals surface area contributed by atoms with E-state index in [1.54, 1.807) is 13.2 Å².